The van der Waals surface area contributed by atoms with E-state index in [0.29, 0.717) is 26.1 Å². The summed E-state index contributed by atoms with van der Waals surface area (Å²) in [6, 6.07) is -1.31. The molecule has 2 saturated heterocycles. The van der Waals surface area contributed by atoms with E-state index in [-0.39, 0.29) is 42.3 Å². The number of rotatable bonds is 4. The van der Waals surface area contributed by atoms with Crippen molar-refractivity contribution < 1.29 is 19.2 Å². The number of nitrogens with one attached hydrogen (secondary N) is 3. The van der Waals surface area contributed by atoms with Crippen LogP contribution in [-0.2, 0) is 14.4 Å². The van der Waals surface area contributed by atoms with Crippen LogP contribution in [0.1, 0.15) is 77.0 Å². The molecule has 3 N–H and O–H groups in total. The van der Waals surface area contributed by atoms with Gasteiger partial charge in [-0.3, -0.25) is 14.4 Å². The molecule has 0 spiro atoms. The van der Waals surface area contributed by atoms with E-state index in [4.69, 9.17) is 0 Å². The molecule has 0 aromatic heterocycles. The fourth-order valence-electron chi connectivity index (χ4n) is 5.73. The van der Waals surface area contributed by atoms with Gasteiger partial charge in [-0.25, -0.2) is 4.79 Å². The van der Waals surface area contributed by atoms with Gasteiger partial charge in [0.25, 0.3) is 0 Å². The quantitative estimate of drug-likeness (QED) is 0.589. The molecule has 0 bridgehead atoms. The molecular formula is C24H39N5O4. The van der Waals surface area contributed by atoms with Crippen molar-refractivity contribution in [2.24, 2.45) is 5.92 Å². The second kappa shape index (κ2) is 11.2. The highest BCUT2D eigenvalue weighted by Gasteiger charge is 2.40. The standard InChI is InChI=1S/C24H39N5O4/c30-21-19(12-7-13-25-21)27-22(31)20-16-28(24(33)26-18-10-5-2-6-11-18)14-15-29(20)23(32)17-8-3-1-4-9-17/h17-20H,1-16H2,(H,25,30)(H,26,33)(H,27,31). The average Bonchev–Trinajstić information content (AvgIpc) is 2.85. The molecule has 2 unspecified atom stereocenters. The predicted octanol–water partition coefficient (Wildman–Crippen LogP) is 1.52. The van der Waals surface area contributed by atoms with Crippen molar-refractivity contribution in [1.29, 1.82) is 0 Å². The first-order chi connectivity index (χ1) is 16.0. The summed E-state index contributed by atoms with van der Waals surface area (Å²) in [5.41, 5.74) is 0. The molecule has 2 atom stereocenters. The first-order valence-electron chi connectivity index (χ1n) is 13.0. The van der Waals surface area contributed by atoms with Crippen molar-refractivity contribution in [2.45, 2.75) is 95.2 Å². The molecule has 2 saturated carbocycles. The zero-order valence-corrected chi connectivity index (χ0v) is 19.7. The summed E-state index contributed by atoms with van der Waals surface area (Å²) in [6.07, 6.45) is 11.8. The van der Waals surface area contributed by atoms with E-state index in [9.17, 15) is 19.2 Å². The summed E-state index contributed by atoms with van der Waals surface area (Å²) < 4.78 is 0. The van der Waals surface area contributed by atoms with Crippen LogP contribution in [0.3, 0.4) is 0 Å². The number of amides is 5. The van der Waals surface area contributed by atoms with E-state index >= 15 is 0 Å². The van der Waals surface area contributed by atoms with E-state index < -0.39 is 12.1 Å². The van der Waals surface area contributed by atoms with Crippen molar-refractivity contribution in [1.82, 2.24) is 25.8 Å². The predicted molar refractivity (Wildman–Crippen MR) is 123 cm³/mol. The van der Waals surface area contributed by atoms with Gasteiger partial charge in [0.05, 0.1) is 6.54 Å². The maximum absolute atomic E-state index is 13.4. The highest BCUT2D eigenvalue weighted by atomic mass is 16.2. The summed E-state index contributed by atoms with van der Waals surface area (Å²) >= 11 is 0. The van der Waals surface area contributed by atoms with Gasteiger partial charge in [-0.05, 0) is 38.5 Å². The van der Waals surface area contributed by atoms with Crippen molar-refractivity contribution in [3.05, 3.63) is 0 Å². The molecular weight excluding hydrogens is 422 g/mol. The van der Waals surface area contributed by atoms with Crippen LogP contribution in [0.25, 0.3) is 0 Å². The minimum Gasteiger partial charge on any atom is -0.354 e. The third-order valence-electron chi connectivity index (χ3n) is 7.74. The molecule has 0 aromatic carbocycles. The fourth-order valence-corrected chi connectivity index (χ4v) is 5.73. The molecule has 4 rings (SSSR count). The molecule has 0 radical (unpaired) electrons. The van der Waals surface area contributed by atoms with E-state index in [2.05, 4.69) is 16.0 Å². The number of carbonyl (C=O) groups is 4. The number of hydrogen-bond donors (Lipinski definition) is 3. The smallest absolute Gasteiger partial charge is 0.317 e. The lowest BCUT2D eigenvalue weighted by Crippen LogP contribution is -2.65. The minimum atomic E-state index is -0.764. The molecule has 2 heterocycles. The average molecular weight is 462 g/mol. The lowest BCUT2D eigenvalue weighted by Gasteiger charge is -2.43. The first-order valence-corrected chi connectivity index (χ1v) is 13.0. The largest absolute Gasteiger partial charge is 0.354 e. The molecule has 2 aliphatic heterocycles. The third kappa shape index (κ3) is 5.98. The van der Waals surface area contributed by atoms with Gasteiger partial charge in [0.15, 0.2) is 0 Å². The van der Waals surface area contributed by atoms with Gasteiger partial charge in [-0.2, -0.15) is 0 Å². The summed E-state index contributed by atoms with van der Waals surface area (Å²) in [5, 5.41) is 8.79. The Morgan fingerprint density at radius 2 is 1.52 bits per heavy atom. The molecule has 4 fully saturated rings. The first kappa shape index (κ1) is 23.8. The van der Waals surface area contributed by atoms with Crippen LogP contribution in [0.4, 0.5) is 4.79 Å². The maximum atomic E-state index is 13.4. The highest BCUT2D eigenvalue weighted by Crippen LogP contribution is 2.27. The summed E-state index contributed by atoms with van der Waals surface area (Å²) in [7, 11) is 0. The van der Waals surface area contributed by atoms with E-state index in [1.165, 1.54) is 6.42 Å². The lowest BCUT2D eigenvalue weighted by atomic mass is 9.87. The van der Waals surface area contributed by atoms with Crippen molar-refractivity contribution in [3.8, 4) is 0 Å². The molecule has 5 amide bonds. The van der Waals surface area contributed by atoms with Crippen LogP contribution in [-0.4, -0.2) is 77.9 Å². The van der Waals surface area contributed by atoms with Crippen molar-refractivity contribution in [2.75, 3.05) is 26.2 Å². The Bertz CT molecular complexity index is 732. The van der Waals surface area contributed by atoms with Crippen LogP contribution < -0.4 is 16.0 Å². The molecule has 2 aliphatic carbocycles. The van der Waals surface area contributed by atoms with Crippen LogP contribution >= 0.6 is 0 Å². The van der Waals surface area contributed by atoms with Gasteiger partial charge < -0.3 is 25.8 Å². The number of nitrogens with zero attached hydrogens (tertiary/aromatic N) is 2. The second-order valence-corrected chi connectivity index (χ2v) is 10.1. The Labute approximate surface area is 196 Å². The lowest BCUT2D eigenvalue weighted by molar-refractivity contribution is -0.148. The molecule has 9 heteroatoms. The van der Waals surface area contributed by atoms with Gasteiger partial charge in [-0.15, -0.1) is 0 Å². The van der Waals surface area contributed by atoms with Crippen molar-refractivity contribution in [3.63, 3.8) is 0 Å². The SMILES string of the molecule is O=C1NCCCC1NC(=O)C1CN(C(=O)NC2CCCCC2)CCN1C(=O)C1CCCCC1. The zero-order chi connectivity index (χ0) is 23.2. The number of carbonyl (C=O) groups excluding carboxylic acids is 4. The van der Waals surface area contributed by atoms with Crippen LogP contribution in [0.5, 0.6) is 0 Å². The number of urea groups is 1. The minimum absolute atomic E-state index is 0.0234. The summed E-state index contributed by atoms with van der Waals surface area (Å²) in [6.45, 7) is 1.56. The zero-order valence-electron chi connectivity index (χ0n) is 19.7. The summed E-state index contributed by atoms with van der Waals surface area (Å²) in [4.78, 5) is 55.2. The Balaban J connectivity index is 1.44. The fraction of sp³-hybridized carbons (Fsp3) is 0.833. The Hall–Kier alpha value is -2.32. The van der Waals surface area contributed by atoms with Crippen LogP contribution in [0.15, 0.2) is 0 Å². The number of piperidine rings is 1. The van der Waals surface area contributed by atoms with Gasteiger partial charge in [-0.1, -0.05) is 38.5 Å². The monoisotopic (exact) mass is 461 g/mol. The Morgan fingerprint density at radius 1 is 0.818 bits per heavy atom. The van der Waals surface area contributed by atoms with Gasteiger partial charge in [0.1, 0.15) is 12.1 Å². The van der Waals surface area contributed by atoms with E-state index in [1.54, 1.807) is 9.80 Å². The second-order valence-electron chi connectivity index (χ2n) is 10.1. The topological polar surface area (TPSA) is 111 Å². The van der Waals surface area contributed by atoms with Crippen LogP contribution in [0.2, 0.25) is 0 Å². The van der Waals surface area contributed by atoms with Crippen molar-refractivity contribution >= 4 is 23.8 Å². The normalized spacial score (nSPS) is 27.6. The third-order valence-corrected chi connectivity index (χ3v) is 7.74. The van der Waals surface area contributed by atoms with Gasteiger partial charge in [0, 0.05) is 31.6 Å². The molecule has 184 valence electrons. The molecule has 9 nitrogen and oxygen atoms in total. The Kier molecular flexibility index (Phi) is 8.09. The highest BCUT2D eigenvalue weighted by molar-refractivity contribution is 5.93. The van der Waals surface area contributed by atoms with Crippen LogP contribution in [0, 0.1) is 5.92 Å². The molecule has 4 aliphatic rings. The van der Waals surface area contributed by atoms with Gasteiger partial charge in [0.2, 0.25) is 17.7 Å². The van der Waals surface area contributed by atoms with E-state index in [0.717, 1.165) is 64.2 Å². The number of piperazine rings is 1. The molecule has 0 aromatic rings. The van der Waals surface area contributed by atoms with E-state index in [1.807, 2.05) is 0 Å². The number of hydrogen-bond acceptors (Lipinski definition) is 4. The molecule has 33 heavy (non-hydrogen) atoms. The Morgan fingerprint density at radius 3 is 2.21 bits per heavy atom. The summed E-state index contributed by atoms with van der Waals surface area (Å²) in [5.74, 6) is -0.538. The van der Waals surface area contributed by atoms with Gasteiger partial charge >= 0.3 is 6.03 Å². The maximum Gasteiger partial charge on any atom is 0.317 e.